The van der Waals surface area contributed by atoms with Gasteiger partial charge >= 0.3 is 6.09 Å². The molecule has 0 aromatic heterocycles. The molecule has 0 bridgehead atoms. The number of likely N-dealkylation sites (tertiary alicyclic amines) is 1. The van der Waals surface area contributed by atoms with Crippen LogP contribution in [0.15, 0.2) is 0 Å². The summed E-state index contributed by atoms with van der Waals surface area (Å²) in [5.41, 5.74) is -0.917. The monoisotopic (exact) mass is 284 g/mol. The van der Waals surface area contributed by atoms with Crippen LogP contribution in [0.2, 0.25) is 0 Å². The van der Waals surface area contributed by atoms with Crippen molar-refractivity contribution in [2.45, 2.75) is 66.0 Å². The molecule has 1 fully saturated rings. The Kier molecular flexibility index (Phi) is 5.05. The number of hydrogen-bond donors (Lipinski definition) is 1. The van der Waals surface area contributed by atoms with Gasteiger partial charge in [-0.3, -0.25) is 4.79 Å². The Hall–Kier alpha value is -1.26. The lowest BCUT2D eigenvalue weighted by atomic mass is 9.86. The van der Waals surface area contributed by atoms with Crippen molar-refractivity contribution in [3.8, 4) is 0 Å². The molecule has 0 saturated carbocycles. The fourth-order valence-electron chi connectivity index (χ4n) is 2.19. The zero-order valence-electron chi connectivity index (χ0n) is 13.6. The molecule has 0 aromatic rings. The molecule has 5 heteroatoms. The molecule has 116 valence electrons. The number of alkyl carbamates (subject to hydrolysis) is 1. The number of carbonyl (C=O) groups is 2. The summed E-state index contributed by atoms with van der Waals surface area (Å²) in [5, 5.41) is 2.74. The molecule has 1 rings (SSSR count). The number of carbonyl (C=O) groups excluding carboxylic acids is 2. The van der Waals surface area contributed by atoms with Gasteiger partial charge in [0.1, 0.15) is 11.6 Å². The van der Waals surface area contributed by atoms with Crippen LogP contribution >= 0.6 is 0 Å². The van der Waals surface area contributed by atoms with Gasteiger partial charge in [0.05, 0.1) is 0 Å². The molecule has 0 aliphatic carbocycles. The van der Waals surface area contributed by atoms with E-state index in [1.165, 1.54) is 0 Å². The van der Waals surface area contributed by atoms with Gasteiger partial charge in [-0.2, -0.15) is 0 Å². The summed E-state index contributed by atoms with van der Waals surface area (Å²) in [7, 11) is 0. The van der Waals surface area contributed by atoms with E-state index in [1.807, 2.05) is 25.7 Å². The second kappa shape index (κ2) is 6.02. The summed E-state index contributed by atoms with van der Waals surface area (Å²) in [6, 6.07) is -0.560. The minimum Gasteiger partial charge on any atom is -0.444 e. The van der Waals surface area contributed by atoms with Gasteiger partial charge in [0.25, 0.3) is 0 Å². The summed E-state index contributed by atoms with van der Waals surface area (Å²) in [6.45, 7) is 12.8. The summed E-state index contributed by atoms with van der Waals surface area (Å²) < 4.78 is 5.26. The maximum atomic E-state index is 12.5. The molecule has 20 heavy (non-hydrogen) atoms. The van der Waals surface area contributed by atoms with E-state index in [0.717, 1.165) is 25.9 Å². The first-order valence-electron chi connectivity index (χ1n) is 7.29. The molecule has 1 atom stereocenters. The average molecular weight is 284 g/mol. The third-order valence-corrected chi connectivity index (χ3v) is 3.19. The molecule has 1 N–H and O–H groups in total. The van der Waals surface area contributed by atoms with Crippen molar-refractivity contribution in [1.29, 1.82) is 0 Å². The van der Waals surface area contributed by atoms with E-state index < -0.39 is 17.7 Å². The van der Waals surface area contributed by atoms with Crippen LogP contribution in [0.1, 0.15) is 54.4 Å². The fourth-order valence-corrected chi connectivity index (χ4v) is 2.19. The summed E-state index contributed by atoms with van der Waals surface area (Å²) in [4.78, 5) is 26.3. The highest BCUT2D eigenvalue weighted by molar-refractivity contribution is 5.86. The molecule has 2 amide bonds. The van der Waals surface area contributed by atoms with Crippen molar-refractivity contribution in [2.24, 2.45) is 5.41 Å². The lowest BCUT2D eigenvalue weighted by Gasteiger charge is -2.34. The van der Waals surface area contributed by atoms with Crippen molar-refractivity contribution < 1.29 is 14.3 Å². The minimum atomic E-state index is -0.566. The van der Waals surface area contributed by atoms with Crippen molar-refractivity contribution >= 4 is 12.0 Å². The fraction of sp³-hybridized carbons (Fsp3) is 0.867. The molecule has 0 radical (unpaired) electrons. The molecular weight excluding hydrogens is 256 g/mol. The van der Waals surface area contributed by atoms with Crippen LogP contribution in [-0.4, -0.2) is 41.6 Å². The van der Waals surface area contributed by atoms with E-state index in [4.69, 9.17) is 4.74 Å². The molecule has 0 aromatic carbocycles. The lowest BCUT2D eigenvalue weighted by Crippen LogP contribution is -2.55. The molecule has 1 heterocycles. The van der Waals surface area contributed by atoms with Gasteiger partial charge in [-0.05, 0) is 39.0 Å². The van der Waals surface area contributed by atoms with E-state index in [9.17, 15) is 9.59 Å². The molecule has 1 unspecified atom stereocenters. The zero-order chi connectivity index (χ0) is 15.6. The highest BCUT2D eigenvalue weighted by Gasteiger charge is 2.37. The van der Waals surface area contributed by atoms with Crippen LogP contribution in [0, 0.1) is 5.41 Å². The van der Waals surface area contributed by atoms with E-state index >= 15 is 0 Å². The topological polar surface area (TPSA) is 58.6 Å². The molecule has 1 aliphatic rings. The molecule has 1 aliphatic heterocycles. The minimum absolute atomic E-state index is 0.0131. The Balaban J connectivity index is 2.75. The number of amides is 2. The third kappa shape index (κ3) is 5.02. The number of hydrogen-bond acceptors (Lipinski definition) is 3. The van der Waals surface area contributed by atoms with Crippen LogP contribution in [0.25, 0.3) is 0 Å². The summed E-state index contributed by atoms with van der Waals surface area (Å²) in [5.74, 6) is -0.0131. The Morgan fingerprint density at radius 1 is 1.05 bits per heavy atom. The quantitative estimate of drug-likeness (QED) is 0.847. The van der Waals surface area contributed by atoms with E-state index in [1.54, 1.807) is 20.8 Å². The van der Waals surface area contributed by atoms with Crippen molar-refractivity contribution in [3.05, 3.63) is 0 Å². The van der Waals surface area contributed by atoms with Crippen LogP contribution in [0.4, 0.5) is 4.79 Å². The van der Waals surface area contributed by atoms with Crippen molar-refractivity contribution in [1.82, 2.24) is 10.2 Å². The van der Waals surface area contributed by atoms with Crippen LogP contribution in [0.3, 0.4) is 0 Å². The van der Waals surface area contributed by atoms with Gasteiger partial charge in [0, 0.05) is 13.1 Å². The predicted molar refractivity (Wildman–Crippen MR) is 78.4 cm³/mol. The maximum absolute atomic E-state index is 12.5. The first kappa shape index (κ1) is 16.8. The van der Waals surface area contributed by atoms with Gasteiger partial charge in [0.15, 0.2) is 0 Å². The standard InChI is InChI=1S/C15H28N2O3/c1-14(2,3)11(12(18)17-9-7-8-10-17)16-13(19)20-15(4,5)6/h11H,7-10H2,1-6H3,(H,16,19). The summed E-state index contributed by atoms with van der Waals surface area (Å²) in [6.07, 6.45) is 1.54. The zero-order valence-corrected chi connectivity index (χ0v) is 13.6. The van der Waals surface area contributed by atoms with Gasteiger partial charge in [0.2, 0.25) is 5.91 Å². The van der Waals surface area contributed by atoms with Gasteiger partial charge < -0.3 is 15.0 Å². The van der Waals surface area contributed by atoms with E-state index in [2.05, 4.69) is 5.32 Å². The Morgan fingerprint density at radius 2 is 1.55 bits per heavy atom. The largest absolute Gasteiger partial charge is 0.444 e. The normalized spacial score (nSPS) is 17.8. The first-order valence-corrected chi connectivity index (χ1v) is 7.29. The Morgan fingerprint density at radius 3 is 1.95 bits per heavy atom. The Bertz CT molecular complexity index is 360. The van der Waals surface area contributed by atoms with Crippen LogP contribution in [0.5, 0.6) is 0 Å². The third-order valence-electron chi connectivity index (χ3n) is 3.19. The lowest BCUT2D eigenvalue weighted by molar-refractivity contribution is -0.135. The smallest absolute Gasteiger partial charge is 0.408 e. The molecule has 1 saturated heterocycles. The summed E-state index contributed by atoms with van der Waals surface area (Å²) >= 11 is 0. The number of nitrogens with one attached hydrogen (secondary N) is 1. The van der Waals surface area contributed by atoms with E-state index in [-0.39, 0.29) is 11.3 Å². The van der Waals surface area contributed by atoms with Crippen LogP contribution < -0.4 is 5.32 Å². The van der Waals surface area contributed by atoms with E-state index in [0.29, 0.717) is 0 Å². The van der Waals surface area contributed by atoms with Crippen LogP contribution in [-0.2, 0) is 9.53 Å². The number of rotatable bonds is 2. The molecular formula is C15H28N2O3. The van der Waals surface area contributed by atoms with Crippen molar-refractivity contribution in [3.63, 3.8) is 0 Å². The highest BCUT2D eigenvalue weighted by Crippen LogP contribution is 2.23. The van der Waals surface area contributed by atoms with Crippen molar-refractivity contribution in [2.75, 3.05) is 13.1 Å². The van der Waals surface area contributed by atoms with Gasteiger partial charge in [-0.25, -0.2) is 4.79 Å². The molecule has 5 nitrogen and oxygen atoms in total. The van der Waals surface area contributed by atoms with Gasteiger partial charge in [-0.15, -0.1) is 0 Å². The predicted octanol–water partition coefficient (Wildman–Crippen LogP) is 2.55. The molecule has 0 spiro atoms. The SMILES string of the molecule is CC(C)(C)OC(=O)NC(C(=O)N1CCCC1)C(C)(C)C. The second-order valence-corrected chi connectivity index (χ2v) is 7.48. The first-order chi connectivity index (χ1) is 9.00. The van der Waals surface area contributed by atoms with Gasteiger partial charge in [-0.1, -0.05) is 20.8 Å². The number of ether oxygens (including phenoxy) is 1. The number of nitrogens with zero attached hydrogens (tertiary/aromatic N) is 1. The second-order valence-electron chi connectivity index (χ2n) is 7.48. The Labute approximate surface area is 122 Å². The maximum Gasteiger partial charge on any atom is 0.408 e. The average Bonchev–Trinajstić information content (AvgIpc) is 2.74. The highest BCUT2D eigenvalue weighted by atomic mass is 16.6.